The number of esters is 1. The highest BCUT2D eigenvalue weighted by Gasteiger charge is 1.98. The topological polar surface area (TPSA) is 50.1 Å². The number of hydrogen-bond acceptors (Lipinski definition) is 3. The molecule has 92 valence electrons. The number of ether oxygens (including phenoxy) is 1. The molecule has 0 spiro atoms. The first-order valence-electron chi connectivity index (χ1n) is 5.34. The Hall–Kier alpha value is -1.90. The molecule has 0 aromatic heterocycles. The third-order valence-corrected chi connectivity index (χ3v) is 2.21. The highest BCUT2D eigenvalue weighted by molar-refractivity contribution is 6.08. The van der Waals surface area contributed by atoms with Crippen LogP contribution in [-0.2, 0) is 9.53 Å². The van der Waals surface area contributed by atoms with Crippen molar-refractivity contribution < 1.29 is 9.53 Å². The number of methoxy groups -OCH3 is 1. The van der Waals surface area contributed by atoms with Gasteiger partial charge >= 0.3 is 5.97 Å². The monoisotopic (exact) mass is 233 g/mol. The molecule has 0 aliphatic heterocycles. The quantitative estimate of drug-likeness (QED) is 0.629. The van der Waals surface area contributed by atoms with Crippen LogP contribution in [0.3, 0.4) is 0 Å². The lowest BCUT2D eigenvalue weighted by Crippen LogP contribution is -1.88. The predicted molar refractivity (Wildman–Crippen MR) is 71.3 cm³/mol. The predicted octanol–water partition coefficient (Wildman–Crippen LogP) is 3.23. The summed E-state index contributed by atoms with van der Waals surface area (Å²) in [5.74, 6) is -0.245. The van der Waals surface area contributed by atoms with Gasteiger partial charge in [-0.25, -0.2) is 0 Å². The molecule has 0 aliphatic carbocycles. The molecule has 0 radical (unpaired) electrons. The van der Waals surface area contributed by atoms with Crippen LogP contribution in [0, 0.1) is 12.3 Å². The maximum absolute atomic E-state index is 9.59. The lowest BCUT2D eigenvalue weighted by molar-refractivity contribution is -0.137. The zero-order chi connectivity index (χ0) is 13.3. The molecule has 0 aliphatic rings. The molecule has 0 unspecified atom stereocenters. The molecule has 1 aromatic carbocycles. The van der Waals surface area contributed by atoms with Gasteiger partial charge < -0.3 is 10.1 Å². The third-order valence-electron chi connectivity index (χ3n) is 2.21. The van der Waals surface area contributed by atoms with E-state index < -0.39 is 0 Å². The summed E-state index contributed by atoms with van der Waals surface area (Å²) in [6.07, 6.45) is 3.34. The van der Waals surface area contributed by atoms with Crippen molar-refractivity contribution in [2.45, 2.75) is 20.8 Å². The van der Waals surface area contributed by atoms with E-state index in [0.29, 0.717) is 0 Å². The fraction of sp³-hybridized carbons (Fsp3) is 0.286. The minimum Gasteiger partial charge on any atom is -0.469 e. The van der Waals surface area contributed by atoms with Gasteiger partial charge in [0.1, 0.15) is 0 Å². The molecule has 0 heterocycles. The van der Waals surface area contributed by atoms with E-state index in [-0.39, 0.29) is 5.97 Å². The molecule has 0 amide bonds. The van der Waals surface area contributed by atoms with Gasteiger partial charge in [0.2, 0.25) is 0 Å². The Labute approximate surface area is 103 Å². The number of carbonyl (C=O) groups excluding carboxylic acids is 1. The first-order chi connectivity index (χ1) is 8.06. The highest BCUT2D eigenvalue weighted by Crippen LogP contribution is 2.15. The van der Waals surface area contributed by atoms with E-state index in [2.05, 4.69) is 17.7 Å². The minimum absolute atomic E-state index is 0.245. The van der Waals surface area contributed by atoms with Gasteiger partial charge in [-0.05, 0) is 30.5 Å². The van der Waals surface area contributed by atoms with Crippen LogP contribution in [0.2, 0.25) is 0 Å². The van der Waals surface area contributed by atoms with Crippen LogP contribution in [0.5, 0.6) is 0 Å². The average molecular weight is 233 g/mol. The zero-order valence-corrected chi connectivity index (χ0v) is 10.8. The summed E-state index contributed by atoms with van der Waals surface area (Å²) in [4.78, 5) is 9.59. The number of allylic oxidation sites excluding steroid dienone is 2. The molecule has 3 nitrogen and oxygen atoms in total. The molecule has 17 heavy (non-hydrogen) atoms. The van der Waals surface area contributed by atoms with E-state index >= 15 is 0 Å². The van der Waals surface area contributed by atoms with Crippen molar-refractivity contribution in [2.24, 2.45) is 0 Å². The fourth-order valence-corrected chi connectivity index (χ4v) is 1.21. The Morgan fingerprint density at radius 1 is 1.35 bits per heavy atom. The summed E-state index contributed by atoms with van der Waals surface area (Å²) in [5.41, 5.74) is 3.34. The largest absolute Gasteiger partial charge is 0.469 e. The van der Waals surface area contributed by atoms with E-state index in [1.54, 1.807) is 0 Å². The summed E-state index contributed by atoms with van der Waals surface area (Å²) in [6.45, 7) is 5.37. The Morgan fingerprint density at radius 3 is 2.24 bits per heavy atom. The molecule has 0 saturated carbocycles. The SMILES string of the molecule is C/C=C(/C=N)c1ccccc1C.COC(C)=O. The van der Waals surface area contributed by atoms with E-state index in [9.17, 15) is 4.79 Å². The van der Waals surface area contributed by atoms with E-state index in [1.165, 1.54) is 25.8 Å². The van der Waals surface area contributed by atoms with E-state index in [1.807, 2.05) is 31.2 Å². The Balaban J connectivity index is 0.000000437. The highest BCUT2D eigenvalue weighted by atomic mass is 16.5. The molecule has 0 bridgehead atoms. The van der Waals surface area contributed by atoms with E-state index in [0.717, 1.165) is 11.1 Å². The Morgan fingerprint density at radius 2 is 1.88 bits per heavy atom. The van der Waals surface area contributed by atoms with Gasteiger partial charge in [0, 0.05) is 13.1 Å². The van der Waals surface area contributed by atoms with Gasteiger partial charge in [0.05, 0.1) is 7.11 Å². The zero-order valence-electron chi connectivity index (χ0n) is 10.8. The summed E-state index contributed by atoms with van der Waals surface area (Å²) in [5, 5.41) is 7.20. The van der Waals surface area contributed by atoms with Gasteiger partial charge in [-0.3, -0.25) is 4.79 Å². The number of carbonyl (C=O) groups is 1. The van der Waals surface area contributed by atoms with Crippen LogP contribution in [0.4, 0.5) is 0 Å². The van der Waals surface area contributed by atoms with Gasteiger partial charge in [-0.2, -0.15) is 0 Å². The Kier molecular flexibility index (Phi) is 7.35. The summed E-state index contributed by atoms with van der Waals surface area (Å²) in [7, 11) is 1.35. The average Bonchev–Trinajstić information content (AvgIpc) is 2.34. The van der Waals surface area contributed by atoms with Crippen molar-refractivity contribution >= 4 is 17.8 Å². The lowest BCUT2D eigenvalue weighted by Gasteiger charge is -2.03. The van der Waals surface area contributed by atoms with Gasteiger partial charge in [0.25, 0.3) is 0 Å². The molecular weight excluding hydrogens is 214 g/mol. The minimum atomic E-state index is -0.245. The second-order valence-corrected chi connectivity index (χ2v) is 3.40. The maximum Gasteiger partial charge on any atom is 0.302 e. The van der Waals surface area contributed by atoms with Crippen LogP contribution in [0.1, 0.15) is 25.0 Å². The first kappa shape index (κ1) is 15.1. The number of benzene rings is 1. The molecule has 0 fully saturated rings. The van der Waals surface area contributed by atoms with Crippen LogP contribution in [-0.4, -0.2) is 19.3 Å². The number of rotatable bonds is 2. The second-order valence-electron chi connectivity index (χ2n) is 3.40. The number of nitrogens with one attached hydrogen (secondary N) is 1. The van der Waals surface area contributed by atoms with Crippen molar-refractivity contribution in [1.82, 2.24) is 0 Å². The summed E-state index contributed by atoms with van der Waals surface area (Å²) >= 11 is 0. The normalized spacial score (nSPS) is 10.0. The van der Waals surface area contributed by atoms with Gasteiger partial charge in [-0.1, -0.05) is 30.3 Å². The molecule has 1 rings (SSSR count). The molecule has 1 N–H and O–H groups in total. The standard InChI is InChI=1S/C11H13N.C3H6O2/c1-3-10(8-12)11-7-5-4-6-9(11)2;1-3(4)5-2/h3-8,12H,1-2H3;1-2H3/b10-3-,12-8?;. The lowest BCUT2D eigenvalue weighted by atomic mass is 10.0. The van der Waals surface area contributed by atoms with Crippen LogP contribution in [0.25, 0.3) is 5.57 Å². The van der Waals surface area contributed by atoms with Crippen LogP contribution in [0.15, 0.2) is 30.3 Å². The van der Waals surface area contributed by atoms with Crippen molar-refractivity contribution in [3.8, 4) is 0 Å². The van der Waals surface area contributed by atoms with Gasteiger partial charge in [0.15, 0.2) is 0 Å². The second kappa shape index (κ2) is 8.28. The van der Waals surface area contributed by atoms with Crippen molar-refractivity contribution in [1.29, 1.82) is 5.41 Å². The first-order valence-corrected chi connectivity index (χ1v) is 5.34. The number of aryl methyl sites for hydroxylation is 1. The Bertz CT molecular complexity index is 408. The molecule has 0 atom stereocenters. The smallest absolute Gasteiger partial charge is 0.302 e. The van der Waals surface area contributed by atoms with Crippen molar-refractivity contribution in [3.63, 3.8) is 0 Å². The van der Waals surface area contributed by atoms with E-state index in [4.69, 9.17) is 5.41 Å². The third kappa shape index (κ3) is 5.66. The van der Waals surface area contributed by atoms with Crippen LogP contribution >= 0.6 is 0 Å². The summed E-state index contributed by atoms with van der Waals surface area (Å²) < 4.78 is 4.11. The molecular formula is C14H19NO2. The fourth-order valence-electron chi connectivity index (χ4n) is 1.21. The molecule has 0 saturated heterocycles. The van der Waals surface area contributed by atoms with Crippen molar-refractivity contribution in [3.05, 3.63) is 41.5 Å². The molecule has 1 aromatic rings. The van der Waals surface area contributed by atoms with Gasteiger partial charge in [-0.15, -0.1) is 0 Å². The molecule has 3 heteroatoms. The number of hydrogen-bond donors (Lipinski definition) is 1. The van der Waals surface area contributed by atoms with Crippen LogP contribution < -0.4 is 0 Å². The summed E-state index contributed by atoms with van der Waals surface area (Å²) in [6, 6.07) is 8.10. The maximum atomic E-state index is 9.59. The van der Waals surface area contributed by atoms with Crippen molar-refractivity contribution in [2.75, 3.05) is 7.11 Å².